The molecule has 0 atom stereocenters. The maximum Gasteiger partial charge on any atom is 0.274 e. The van der Waals surface area contributed by atoms with Gasteiger partial charge in [0.1, 0.15) is 11.5 Å². The summed E-state index contributed by atoms with van der Waals surface area (Å²) in [5, 5.41) is 3.13. The Balaban J connectivity index is 1.28. The van der Waals surface area contributed by atoms with Crippen molar-refractivity contribution >= 4 is 11.8 Å². The summed E-state index contributed by atoms with van der Waals surface area (Å²) in [5.74, 6) is -0.734. The lowest BCUT2D eigenvalue weighted by molar-refractivity contribution is -0.122. The Labute approximate surface area is 205 Å². The molecule has 2 heterocycles. The first-order valence-electron chi connectivity index (χ1n) is 11.9. The van der Waals surface area contributed by atoms with Crippen LogP contribution in [0.5, 0.6) is 0 Å². The first-order chi connectivity index (χ1) is 17.1. The van der Waals surface area contributed by atoms with Gasteiger partial charge < -0.3 is 10.2 Å². The molecule has 1 aromatic heterocycles. The van der Waals surface area contributed by atoms with Crippen LogP contribution in [-0.4, -0.2) is 57.3 Å². The van der Waals surface area contributed by atoms with E-state index in [1.54, 1.807) is 17.0 Å². The van der Waals surface area contributed by atoms with E-state index in [2.05, 4.69) is 44.5 Å². The average Bonchev–Trinajstić information content (AvgIpc) is 2.89. The van der Waals surface area contributed by atoms with E-state index in [1.165, 1.54) is 36.3 Å². The van der Waals surface area contributed by atoms with Crippen molar-refractivity contribution in [2.75, 3.05) is 19.6 Å². The minimum atomic E-state index is -0.338. The second kappa shape index (κ2) is 12.2. The van der Waals surface area contributed by atoms with E-state index >= 15 is 0 Å². The maximum absolute atomic E-state index is 13.3. The number of amides is 2. The van der Waals surface area contributed by atoms with Gasteiger partial charge in [-0.05, 0) is 36.1 Å². The molecule has 0 bridgehead atoms. The van der Waals surface area contributed by atoms with E-state index in [-0.39, 0.29) is 48.9 Å². The molecule has 0 spiro atoms. The standard InChI is InChI=1S/C27H30FN5O2/c28-23-8-6-22(7-9-23)20-33(27(35)25-18-29-13-14-30-25)17-12-26(34)31-24-10-15-32(16-11-24)19-21-4-2-1-3-5-21/h1-9,13-14,18,24H,10-12,15-17,19-20H2,(H,31,34). The van der Waals surface area contributed by atoms with Crippen molar-refractivity contribution < 1.29 is 14.0 Å². The minimum absolute atomic E-state index is 0.0810. The normalized spacial score (nSPS) is 14.4. The Morgan fingerprint density at radius 1 is 1.00 bits per heavy atom. The van der Waals surface area contributed by atoms with Crippen LogP contribution < -0.4 is 5.32 Å². The second-order valence-electron chi connectivity index (χ2n) is 8.80. The van der Waals surface area contributed by atoms with Crippen LogP contribution in [0.4, 0.5) is 4.39 Å². The van der Waals surface area contributed by atoms with E-state index in [0.717, 1.165) is 38.0 Å². The molecule has 1 saturated heterocycles. The number of rotatable bonds is 9. The van der Waals surface area contributed by atoms with Gasteiger partial charge in [0.25, 0.3) is 5.91 Å². The quantitative estimate of drug-likeness (QED) is 0.513. The third kappa shape index (κ3) is 7.42. The van der Waals surface area contributed by atoms with Crippen LogP contribution in [0.15, 0.2) is 73.2 Å². The Morgan fingerprint density at radius 2 is 1.74 bits per heavy atom. The van der Waals surface area contributed by atoms with Crippen molar-refractivity contribution in [1.29, 1.82) is 0 Å². The van der Waals surface area contributed by atoms with Gasteiger partial charge in [-0.2, -0.15) is 0 Å². The zero-order valence-electron chi connectivity index (χ0n) is 19.6. The van der Waals surface area contributed by atoms with Gasteiger partial charge in [0.2, 0.25) is 5.91 Å². The van der Waals surface area contributed by atoms with Gasteiger partial charge in [-0.15, -0.1) is 0 Å². The summed E-state index contributed by atoms with van der Waals surface area (Å²) in [4.78, 5) is 37.7. The fourth-order valence-electron chi connectivity index (χ4n) is 4.25. The summed E-state index contributed by atoms with van der Waals surface area (Å²) < 4.78 is 13.3. The average molecular weight is 476 g/mol. The molecule has 3 aromatic rings. The summed E-state index contributed by atoms with van der Waals surface area (Å²) >= 11 is 0. The zero-order chi connectivity index (χ0) is 24.5. The number of aromatic nitrogens is 2. The number of carbonyl (C=O) groups is 2. The van der Waals surface area contributed by atoms with Crippen molar-refractivity contribution in [1.82, 2.24) is 25.1 Å². The smallest absolute Gasteiger partial charge is 0.274 e. The van der Waals surface area contributed by atoms with Crippen molar-refractivity contribution in [3.63, 3.8) is 0 Å². The fraction of sp³-hybridized carbons (Fsp3) is 0.333. The predicted octanol–water partition coefficient (Wildman–Crippen LogP) is 3.43. The van der Waals surface area contributed by atoms with E-state index in [1.807, 2.05) is 6.07 Å². The van der Waals surface area contributed by atoms with Crippen LogP contribution in [0.3, 0.4) is 0 Å². The molecule has 1 aliphatic rings. The molecular formula is C27H30FN5O2. The second-order valence-corrected chi connectivity index (χ2v) is 8.80. The predicted molar refractivity (Wildman–Crippen MR) is 131 cm³/mol. The molecule has 1 N–H and O–H groups in total. The van der Waals surface area contributed by atoms with Crippen LogP contribution >= 0.6 is 0 Å². The van der Waals surface area contributed by atoms with Crippen molar-refractivity contribution in [2.24, 2.45) is 0 Å². The van der Waals surface area contributed by atoms with Gasteiger partial charge in [-0.25, -0.2) is 9.37 Å². The number of nitrogens with one attached hydrogen (secondary N) is 1. The molecule has 0 unspecified atom stereocenters. The van der Waals surface area contributed by atoms with Gasteiger partial charge in [0.15, 0.2) is 0 Å². The van der Waals surface area contributed by atoms with Crippen LogP contribution in [-0.2, 0) is 17.9 Å². The first kappa shape index (κ1) is 24.5. The highest BCUT2D eigenvalue weighted by molar-refractivity contribution is 5.92. The van der Waals surface area contributed by atoms with Crippen molar-refractivity contribution in [3.05, 3.63) is 95.8 Å². The van der Waals surface area contributed by atoms with E-state index in [4.69, 9.17) is 0 Å². The molecule has 0 saturated carbocycles. The van der Waals surface area contributed by atoms with Gasteiger partial charge in [0, 0.05) is 57.6 Å². The molecule has 8 heteroatoms. The molecule has 7 nitrogen and oxygen atoms in total. The number of hydrogen-bond acceptors (Lipinski definition) is 5. The zero-order valence-corrected chi connectivity index (χ0v) is 19.6. The van der Waals surface area contributed by atoms with E-state index < -0.39 is 0 Å². The SMILES string of the molecule is O=C(CCN(Cc1ccc(F)cc1)C(=O)c1cnccn1)NC1CCN(Cc2ccccc2)CC1. The van der Waals surface area contributed by atoms with Gasteiger partial charge >= 0.3 is 0 Å². The molecule has 1 fully saturated rings. The number of benzene rings is 2. The Bertz CT molecular complexity index is 1090. The summed E-state index contributed by atoms with van der Waals surface area (Å²) in [7, 11) is 0. The molecule has 0 radical (unpaired) electrons. The van der Waals surface area contributed by atoms with Crippen LogP contribution in [0.2, 0.25) is 0 Å². The monoisotopic (exact) mass is 475 g/mol. The number of piperidine rings is 1. The number of halogens is 1. The highest BCUT2D eigenvalue weighted by atomic mass is 19.1. The summed E-state index contributed by atoms with van der Waals surface area (Å²) in [6, 6.07) is 16.5. The van der Waals surface area contributed by atoms with Gasteiger partial charge in [-0.3, -0.25) is 19.5 Å². The number of nitrogens with zero attached hydrogens (tertiary/aromatic N) is 4. The number of hydrogen-bond donors (Lipinski definition) is 1. The lowest BCUT2D eigenvalue weighted by atomic mass is 10.0. The molecule has 2 aromatic carbocycles. The van der Waals surface area contributed by atoms with Crippen LogP contribution in [0, 0.1) is 5.82 Å². The van der Waals surface area contributed by atoms with Crippen LogP contribution in [0.25, 0.3) is 0 Å². The summed E-state index contributed by atoms with van der Waals surface area (Å²) in [6.45, 7) is 3.26. The Hall–Kier alpha value is -3.65. The highest BCUT2D eigenvalue weighted by Crippen LogP contribution is 2.15. The topological polar surface area (TPSA) is 78.4 Å². The van der Waals surface area contributed by atoms with E-state index in [9.17, 15) is 14.0 Å². The lowest BCUT2D eigenvalue weighted by Crippen LogP contribution is -2.45. The van der Waals surface area contributed by atoms with Crippen molar-refractivity contribution in [3.8, 4) is 0 Å². The largest absolute Gasteiger partial charge is 0.353 e. The maximum atomic E-state index is 13.3. The third-order valence-corrected chi connectivity index (χ3v) is 6.17. The molecule has 182 valence electrons. The highest BCUT2D eigenvalue weighted by Gasteiger charge is 2.22. The first-order valence-corrected chi connectivity index (χ1v) is 11.9. The van der Waals surface area contributed by atoms with Gasteiger partial charge in [-0.1, -0.05) is 42.5 Å². The molecule has 1 aliphatic heterocycles. The van der Waals surface area contributed by atoms with Crippen molar-refractivity contribution in [2.45, 2.75) is 38.4 Å². The Morgan fingerprint density at radius 3 is 2.43 bits per heavy atom. The summed E-state index contributed by atoms with van der Waals surface area (Å²) in [6.07, 6.45) is 6.34. The van der Waals surface area contributed by atoms with Crippen LogP contribution in [0.1, 0.15) is 40.9 Å². The lowest BCUT2D eigenvalue weighted by Gasteiger charge is -2.32. The fourth-order valence-corrected chi connectivity index (χ4v) is 4.25. The molecular weight excluding hydrogens is 445 g/mol. The number of carbonyl (C=O) groups excluding carboxylic acids is 2. The Kier molecular flexibility index (Phi) is 8.51. The van der Waals surface area contributed by atoms with Gasteiger partial charge in [0.05, 0.1) is 6.20 Å². The van der Waals surface area contributed by atoms with E-state index in [0.29, 0.717) is 0 Å². The summed E-state index contributed by atoms with van der Waals surface area (Å²) in [5.41, 5.74) is 2.28. The molecule has 35 heavy (non-hydrogen) atoms. The minimum Gasteiger partial charge on any atom is -0.353 e. The molecule has 0 aliphatic carbocycles. The molecule has 4 rings (SSSR count). The number of likely N-dealkylation sites (tertiary alicyclic amines) is 1. The third-order valence-electron chi connectivity index (χ3n) is 6.17. The molecule has 2 amide bonds.